The fourth-order valence-electron chi connectivity index (χ4n) is 3.52. The van der Waals surface area contributed by atoms with Crippen LogP contribution >= 0.6 is 15.9 Å². The number of ether oxygens (including phenoxy) is 1. The molecule has 1 amide bonds. The second-order valence-corrected chi connectivity index (χ2v) is 7.96. The highest BCUT2D eigenvalue weighted by molar-refractivity contribution is 9.10. The zero-order chi connectivity index (χ0) is 19.3. The van der Waals surface area contributed by atoms with E-state index in [2.05, 4.69) is 61.8 Å². The lowest BCUT2D eigenvalue weighted by Crippen LogP contribution is -2.42. The highest BCUT2D eigenvalue weighted by Gasteiger charge is 2.27. The zero-order valence-corrected chi connectivity index (χ0v) is 17.8. The normalized spacial score (nSPS) is 12.3. The van der Waals surface area contributed by atoms with Crippen LogP contribution in [0.3, 0.4) is 0 Å². The molecule has 0 saturated heterocycles. The highest BCUT2D eigenvalue weighted by atomic mass is 79.9. The van der Waals surface area contributed by atoms with Crippen molar-refractivity contribution < 1.29 is 9.53 Å². The van der Waals surface area contributed by atoms with Crippen LogP contribution in [0.2, 0.25) is 0 Å². The molecular weight excluding hydrogens is 390 g/mol. The number of benzene rings is 2. The van der Waals surface area contributed by atoms with E-state index >= 15 is 0 Å². The minimum atomic E-state index is -0.0591. The third-order valence-corrected chi connectivity index (χ3v) is 5.04. The lowest BCUT2D eigenvalue weighted by Gasteiger charge is -2.32. The molecule has 2 aromatic rings. The summed E-state index contributed by atoms with van der Waals surface area (Å²) in [4.78, 5) is 15.1. The first-order valence-corrected chi connectivity index (χ1v) is 9.84. The number of carbonyl (C=O) groups excluding carboxylic acids is 1. The summed E-state index contributed by atoms with van der Waals surface area (Å²) in [5, 5.41) is 0. The third-order valence-electron chi connectivity index (χ3n) is 4.55. The van der Waals surface area contributed by atoms with Crippen LogP contribution in [0.1, 0.15) is 51.2 Å². The van der Waals surface area contributed by atoms with Crippen LogP contribution in [0.5, 0.6) is 5.75 Å². The molecule has 0 aromatic heterocycles. The number of hydrogen-bond donors (Lipinski definition) is 0. The maximum absolute atomic E-state index is 13.1. The Bertz CT molecular complexity index is 720. The van der Waals surface area contributed by atoms with Gasteiger partial charge in [0.15, 0.2) is 0 Å². The van der Waals surface area contributed by atoms with Gasteiger partial charge >= 0.3 is 0 Å². The van der Waals surface area contributed by atoms with Gasteiger partial charge in [0.2, 0.25) is 5.91 Å². The molecule has 0 aliphatic heterocycles. The summed E-state index contributed by atoms with van der Waals surface area (Å²) in [6.07, 6.45) is 0.410. The van der Waals surface area contributed by atoms with Gasteiger partial charge in [-0.1, -0.05) is 46.3 Å². The number of rotatable bonds is 7. The second-order valence-electron chi connectivity index (χ2n) is 7.04. The van der Waals surface area contributed by atoms with Gasteiger partial charge in [0, 0.05) is 34.5 Å². The van der Waals surface area contributed by atoms with Gasteiger partial charge < -0.3 is 9.64 Å². The minimum absolute atomic E-state index is 0.0591. The largest absolute Gasteiger partial charge is 0.496 e. The van der Waals surface area contributed by atoms with Crippen LogP contribution in [0.25, 0.3) is 0 Å². The SMILES string of the molecule is COc1ccc(Br)cc1C(CC(=O)N(C(C)C)C(C)C)c1ccccc1. The van der Waals surface area contributed by atoms with E-state index in [0.717, 1.165) is 21.3 Å². The van der Waals surface area contributed by atoms with Crippen LogP contribution in [0.4, 0.5) is 0 Å². The molecule has 4 heteroatoms. The Kier molecular flexibility index (Phi) is 7.27. The van der Waals surface area contributed by atoms with E-state index < -0.39 is 0 Å². The molecular formula is C22H28BrNO2. The fraction of sp³-hybridized carbons (Fsp3) is 0.409. The lowest BCUT2D eigenvalue weighted by atomic mass is 9.87. The van der Waals surface area contributed by atoms with Crippen molar-refractivity contribution in [1.29, 1.82) is 0 Å². The number of halogens is 1. The van der Waals surface area contributed by atoms with E-state index in [1.165, 1.54) is 0 Å². The van der Waals surface area contributed by atoms with Crippen molar-refractivity contribution in [2.75, 3.05) is 7.11 Å². The molecule has 0 N–H and O–H groups in total. The minimum Gasteiger partial charge on any atom is -0.496 e. The van der Waals surface area contributed by atoms with E-state index in [9.17, 15) is 4.79 Å². The van der Waals surface area contributed by atoms with Crippen molar-refractivity contribution in [1.82, 2.24) is 4.90 Å². The molecule has 0 aliphatic rings. The Morgan fingerprint density at radius 2 is 1.65 bits per heavy atom. The maximum atomic E-state index is 13.1. The maximum Gasteiger partial charge on any atom is 0.223 e. The predicted molar refractivity (Wildman–Crippen MR) is 111 cm³/mol. The molecule has 0 radical (unpaired) electrons. The van der Waals surface area contributed by atoms with Crippen LogP contribution in [-0.2, 0) is 4.79 Å². The van der Waals surface area contributed by atoms with Crippen LogP contribution < -0.4 is 4.74 Å². The molecule has 1 unspecified atom stereocenters. The van der Waals surface area contributed by atoms with Gasteiger partial charge in [-0.05, 0) is 51.5 Å². The van der Waals surface area contributed by atoms with E-state index in [1.807, 2.05) is 35.2 Å². The zero-order valence-electron chi connectivity index (χ0n) is 16.2. The Labute approximate surface area is 165 Å². The predicted octanol–water partition coefficient (Wildman–Crippen LogP) is 5.63. The van der Waals surface area contributed by atoms with Gasteiger partial charge in [0.05, 0.1) is 7.11 Å². The van der Waals surface area contributed by atoms with Gasteiger partial charge in [0.1, 0.15) is 5.75 Å². The van der Waals surface area contributed by atoms with Crippen molar-refractivity contribution in [2.45, 2.75) is 52.1 Å². The van der Waals surface area contributed by atoms with Crippen LogP contribution in [-0.4, -0.2) is 30.0 Å². The van der Waals surface area contributed by atoms with Gasteiger partial charge in [-0.25, -0.2) is 0 Å². The molecule has 0 heterocycles. The Balaban J connectivity index is 2.47. The van der Waals surface area contributed by atoms with Gasteiger partial charge in [0.25, 0.3) is 0 Å². The van der Waals surface area contributed by atoms with Crippen molar-refractivity contribution in [3.8, 4) is 5.75 Å². The highest BCUT2D eigenvalue weighted by Crippen LogP contribution is 2.37. The number of carbonyl (C=O) groups is 1. The topological polar surface area (TPSA) is 29.5 Å². The van der Waals surface area contributed by atoms with Gasteiger partial charge in [-0.15, -0.1) is 0 Å². The Morgan fingerprint density at radius 1 is 1.04 bits per heavy atom. The third kappa shape index (κ3) is 4.88. The first-order valence-electron chi connectivity index (χ1n) is 9.04. The molecule has 1 atom stereocenters. The summed E-state index contributed by atoms with van der Waals surface area (Å²) in [5.41, 5.74) is 2.14. The lowest BCUT2D eigenvalue weighted by molar-refractivity contribution is -0.135. The molecule has 0 fully saturated rings. The smallest absolute Gasteiger partial charge is 0.223 e. The van der Waals surface area contributed by atoms with Crippen molar-refractivity contribution >= 4 is 21.8 Å². The molecule has 140 valence electrons. The molecule has 0 bridgehead atoms. The van der Waals surface area contributed by atoms with E-state index in [1.54, 1.807) is 7.11 Å². The summed E-state index contributed by atoms with van der Waals surface area (Å²) in [5.74, 6) is 0.900. The van der Waals surface area contributed by atoms with Crippen molar-refractivity contribution in [3.63, 3.8) is 0 Å². The van der Waals surface area contributed by atoms with Crippen LogP contribution in [0, 0.1) is 0 Å². The molecule has 2 aromatic carbocycles. The summed E-state index contributed by atoms with van der Waals surface area (Å²) in [6.45, 7) is 8.26. The fourth-order valence-corrected chi connectivity index (χ4v) is 3.90. The summed E-state index contributed by atoms with van der Waals surface area (Å²) in [6, 6.07) is 16.5. The standard InChI is InChI=1S/C22H28BrNO2/c1-15(2)24(16(3)4)22(25)14-19(17-9-7-6-8-10-17)20-13-18(23)11-12-21(20)26-5/h6-13,15-16,19H,14H2,1-5H3. The van der Waals surface area contributed by atoms with Crippen molar-refractivity contribution in [2.24, 2.45) is 0 Å². The van der Waals surface area contributed by atoms with Crippen LogP contribution in [0.15, 0.2) is 53.0 Å². The number of amides is 1. The molecule has 3 nitrogen and oxygen atoms in total. The van der Waals surface area contributed by atoms with Gasteiger partial charge in [-0.2, -0.15) is 0 Å². The first-order chi connectivity index (χ1) is 12.3. The number of hydrogen-bond acceptors (Lipinski definition) is 2. The summed E-state index contributed by atoms with van der Waals surface area (Å²) >= 11 is 3.56. The number of nitrogens with zero attached hydrogens (tertiary/aromatic N) is 1. The van der Waals surface area contributed by atoms with E-state index in [0.29, 0.717) is 6.42 Å². The average Bonchev–Trinajstić information content (AvgIpc) is 2.59. The Hall–Kier alpha value is -1.81. The molecule has 0 aliphatic carbocycles. The molecule has 2 rings (SSSR count). The average molecular weight is 418 g/mol. The van der Waals surface area contributed by atoms with Crippen molar-refractivity contribution in [3.05, 3.63) is 64.1 Å². The van der Waals surface area contributed by atoms with Gasteiger partial charge in [-0.3, -0.25) is 4.79 Å². The molecule has 0 spiro atoms. The Morgan fingerprint density at radius 3 is 2.19 bits per heavy atom. The monoisotopic (exact) mass is 417 g/mol. The summed E-state index contributed by atoms with van der Waals surface area (Å²) < 4.78 is 6.57. The van der Waals surface area contributed by atoms with E-state index in [-0.39, 0.29) is 23.9 Å². The molecule has 26 heavy (non-hydrogen) atoms. The first kappa shape index (κ1) is 20.5. The summed E-state index contributed by atoms with van der Waals surface area (Å²) in [7, 11) is 1.67. The quantitative estimate of drug-likeness (QED) is 0.584. The number of methoxy groups -OCH3 is 1. The van der Waals surface area contributed by atoms with E-state index in [4.69, 9.17) is 4.74 Å². The molecule has 0 saturated carbocycles. The second kappa shape index (κ2) is 9.22.